The highest BCUT2D eigenvalue weighted by molar-refractivity contribution is 4.90. The maximum absolute atomic E-state index is 8.83. The molecule has 3 heteroatoms. The Hall–Kier alpha value is -0.540. The van der Waals surface area contributed by atoms with E-state index < -0.39 is 0 Å². The normalized spacial score (nSPS) is 31.3. The first-order valence-corrected chi connectivity index (χ1v) is 4.82. The molecule has 0 fully saturated rings. The molecule has 0 aromatic carbocycles. The van der Waals surface area contributed by atoms with Crippen LogP contribution in [0.15, 0.2) is 12.4 Å². The Bertz CT molecular complexity index is 213. The number of aliphatic hydroxyl groups is 1. The van der Waals surface area contributed by atoms with Gasteiger partial charge in [-0.15, -0.1) is 0 Å². The third-order valence-corrected chi connectivity index (χ3v) is 3.51. The smallest absolute Gasteiger partial charge is 0.172 e. The van der Waals surface area contributed by atoms with Gasteiger partial charge in [-0.2, -0.15) is 0 Å². The van der Waals surface area contributed by atoms with Gasteiger partial charge in [-0.3, -0.25) is 4.48 Å². The Morgan fingerprint density at radius 2 is 2.08 bits per heavy atom. The number of hydrogen-bond acceptors (Lipinski definition) is 2. The number of aliphatic hydroxyl groups excluding tert-OH is 1. The summed E-state index contributed by atoms with van der Waals surface area (Å²) in [6, 6.07) is 0. The van der Waals surface area contributed by atoms with Crippen LogP contribution in [0.3, 0.4) is 0 Å². The van der Waals surface area contributed by atoms with E-state index in [1.54, 1.807) is 0 Å². The molecule has 0 aromatic rings. The molecule has 0 saturated heterocycles. The quantitative estimate of drug-likeness (QED) is 0.662. The zero-order valence-electron chi connectivity index (χ0n) is 9.12. The van der Waals surface area contributed by atoms with Crippen LogP contribution in [0.5, 0.6) is 0 Å². The molecule has 0 amide bonds. The molecule has 1 aliphatic rings. The zero-order valence-corrected chi connectivity index (χ0v) is 9.12. The van der Waals surface area contributed by atoms with Crippen molar-refractivity contribution in [2.45, 2.75) is 25.9 Å². The molecule has 0 saturated carbocycles. The van der Waals surface area contributed by atoms with Gasteiger partial charge in [-0.1, -0.05) is 0 Å². The van der Waals surface area contributed by atoms with Gasteiger partial charge in [0.2, 0.25) is 0 Å². The van der Waals surface area contributed by atoms with Gasteiger partial charge >= 0.3 is 0 Å². The topological polar surface area (TPSA) is 23.5 Å². The van der Waals surface area contributed by atoms with Gasteiger partial charge in [0.15, 0.2) is 5.66 Å². The maximum atomic E-state index is 8.83. The Morgan fingerprint density at radius 3 is 2.46 bits per heavy atom. The second-order valence-electron chi connectivity index (χ2n) is 4.47. The number of hydrogen-bond donors (Lipinski definition) is 1. The van der Waals surface area contributed by atoms with Crippen molar-refractivity contribution in [3.05, 3.63) is 12.4 Å². The van der Waals surface area contributed by atoms with Crippen molar-refractivity contribution in [1.29, 1.82) is 0 Å². The molecule has 76 valence electrons. The Kier molecular flexibility index (Phi) is 2.68. The average molecular weight is 185 g/mol. The minimum absolute atomic E-state index is 0.106. The molecule has 0 spiro atoms. The predicted molar refractivity (Wildman–Crippen MR) is 53.7 cm³/mol. The molecule has 1 N–H and O–H groups in total. The zero-order chi connectivity index (χ0) is 10.1. The molecule has 0 radical (unpaired) electrons. The van der Waals surface area contributed by atoms with Crippen molar-refractivity contribution in [1.82, 2.24) is 4.90 Å². The standard InChI is InChI=1S/C10H21N2O/c1-10(2)11(3)6-8-12(10,4)7-5-9-13/h6,8,13H,5,7,9H2,1-4H3/q+1. The molecule has 1 heterocycles. The van der Waals surface area contributed by atoms with Crippen LogP contribution in [0, 0.1) is 0 Å². The summed E-state index contributed by atoms with van der Waals surface area (Å²) in [6.45, 7) is 5.72. The summed E-state index contributed by atoms with van der Waals surface area (Å²) in [4.78, 5) is 2.23. The van der Waals surface area contributed by atoms with E-state index in [9.17, 15) is 0 Å². The molecule has 13 heavy (non-hydrogen) atoms. The molecule has 1 atom stereocenters. The van der Waals surface area contributed by atoms with Crippen molar-refractivity contribution in [3.8, 4) is 0 Å². The minimum atomic E-state index is 0.106. The fourth-order valence-corrected chi connectivity index (χ4v) is 1.72. The van der Waals surface area contributed by atoms with Gasteiger partial charge < -0.3 is 10.0 Å². The average Bonchev–Trinajstić information content (AvgIpc) is 2.27. The molecular formula is C10H21N2O+. The van der Waals surface area contributed by atoms with Gasteiger partial charge in [0.1, 0.15) is 6.20 Å². The van der Waals surface area contributed by atoms with E-state index in [0.717, 1.165) is 17.4 Å². The second-order valence-corrected chi connectivity index (χ2v) is 4.47. The van der Waals surface area contributed by atoms with E-state index in [4.69, 9.17) is 5.11 Å². The van der Waals surface area contributed by atoms with Gasteiger partial charge in [0.25, 0.3) is 0 Å². The largest absolute Gasteiger partial charge is 0.396 e. The highest BCUT2D eigenvalue weighted by Crippen LogP contribution is 2.32. The molecule has 0 aliphatic carbocycles. The lowest BCUT2D eigenvalue weighted by molar-refractivity contribution is -0.913. The van der Waals surface area contributed by atoms with Gasteiger partial charge in [0, 0.05) is 33.9 Å². The van der Waals surface area contributed by atoms with E-state index in [0.29, 0.717) is 0 Å². The van der Waals surface area contributed by atoms with Gasteiger partial charge in [0.05, 0.1) is 19.8 Å². The van der Waals surface area contributed by atoms with Crippen LogP contribution in [0.4, 0.5) is 0 Å². The van der Waals surface area contributed by atoms with E-state index in [1.165, 1.54) is 0 Å². The van der Waals surface area contributed by atoms with Crippen LogP contribution in [0.2, 0.25) is 0 Å². The number of nitrogens with zero attached hydrogens (tertiary/aromatic N) is 2. The summed E-state index contributed by atoms with van der Waals surface area (Å²) in [5, 5.41) is 8.83. The summed E-state index contributed by atoms with van der Waals surface area (Å²) in [6.07, 6.45) is 5.19. The van der Waals surface area contributed by atoms with Crippen LogP contribution in [0.25, 0.3) is 0 Å². The summed E-state index contributed by atoms with van der Waals surface area (Å²) in [7, 11) is 4.30. The fourth-order valence-electron chi connectivity index (χ4n) is 1.72. The number of quaternary nitrogens is 1. The molecular weight excluding hydrogens is 164 g/mol. The van der Waals surface area contributed by atoms with Crippen molar-refractivity contribution >= 4 is 0 Å². The van der Waals surface area contributed by atoms with Crippen molar-refractivity contribution in [2.75, 3.05) is 27.2 Å². The van der Waals surface area contributed by atoms with E-state index in [-0.39, 0.29) is 12.3 Å². The summed E-state index contributed by atoms with van der Waals surface area (Å²) in [5.74, 6) is 0. The van der Waals surface area contributed by atoms with Crippen LogP contribution in [-0.2, 0) is 0 Å². The van der Waals surface area contributed by atoms with Crippen LogP contribution < -0.4 is 0 Å². The lowest BCUT2D eigenvalue weighted by Gasteiger charge is -2.43. The molecule has 0 bridgehead atoms. The van der Waals surface area contributed by atoms with Crippen LogP contribution in [0.1, 0.15) is 20.3 Å². The minimum Gasteiger partial charge on any atom is -0.396 e. The summed E-state index contributed by atoms with van der Waals surface area (Å²) >= 11 is 0. The predicted octanol–water partition coefficient (Wildman–Crippen LogP) is 0.968. The van der Waals surface area contributed by atoms with Crippen molar-refractivity contribution < 1.29 is 9.59 Å². The second kappa shape index (κ2) is 3.31. The molecule has 1 unspecified atom stereocenters. The molecule has 3 nitrogen and oxygen atoms in total. The first kappa shape index (κ1) is 10.5. The van der Waals surface area contributed by atoms with Crippen LogP contribution in [-0.4, -0.2) is 47.4 Å². The lowest BCUT2D eigenvalue weighted by Crippen LogP contribution is -2.58. The van der Waals surface area contributed by atoms with Gasteiger partial charge in [-0.25, -0.2) is 0 Å². The van der Waals surface area contributed by atoms with Crippen LogP contribution >= 0.6 is 0 Å². The highest BCUT2D eigenvalue weighted by atomic mass is 16.3. The molecule has 1 rings (SSSR count). The Labute approximate surface area is 80.9 Å². The SMILES string of the molecule is CN1C=C[N+](C)(CCCO)C1(C)C. The first-order valence-electron chi connectivity index (χ1n) is 4.82. The Balaban J connectivity index is 2.73. The fraction of sp³-hybridized carbons (Fsp3) is 0.800. The maximum Gasteiger partial charge on any atom is 0.172 e. The molecule has 0 aromatic heterocycles. The third-order valence-electron chi connectivity index (χ3n) is 3.51. The van der Waals surface area contributed by atoms with E-state index in [2.05, 4.69) is 45.2 Å². The van der Waals surface area contributed by atoms with E-state index >= 15 is 0 Å². The highest BCUT2D eigenvalue weighted by Gasteiger charge is 2.44. The van der Waals surface area contributed by atoms with Crippen molar-refractivity contribution in [2.24, 2.45) is 0 Å². The Morgan fingerprint density at radius 1 is 1.46 bits per heavy atom. The summed E-state index contributed by atoms with van der Waals surface area (Å²) in [5.41, 5.74) is 0.106. The van der Waals surface area contributed by atoms with Crippen molar-refractivity contribution in [3.63, 3.8) is 0 Å². The number of rotatable bonds is 3. The molecule has 1 aliphatic heterocycles. The monoisotopic (exact) mass is 185 g/mol. The van der Waals surface area contributed by atoms with E-state index in [1.807, 2.05) is 0 Å². The van der Waals surface area contributed by atoms with Gasteiger partial charge in [-0.05, 0) is 0 Å². The lowest BCUT2D eigenvalue weighted by atomic mass is 10.1. The first-order chi connectivity index (χ1) is 5.94. The third kappa shape index (κ3) is 1.58. The summed E-state index contributed by atoms with van der Waals surface area (Å²) < 4.78 is 0.879.